The molecule has 0 radical (unpaired) electrons. The molecule has 0 atom stereocenters. The average Bonchev–Trinajstić information content (AvgIpc) is 3.44. The number of aromatic nitrogens is 4. The minimum Gasteiger partial charge on any atom is -0.379 e. The molecule has 0 bridgehead atoms. The maximum Gasteiger partial charge on any atom is 0.253 e. The third-order valence-corrected chi connectivity index (χ3v) is 7.92. The molecule has 2 aliphatic rings. The van der Waals surface area contributed by atoms with Crippen LogP contribution in [-0.2, 0) is 14.8 Å². The predicted molar refractivity (Wildman–Crippen MR) is 123 cm³/mol. The van der Waals surface area contributed by atoms with Crippen LogP contribution < -0.4 is 4.90 Å². The van der Waals surface area contributed by atoms with Gasteiger partial charge < -0.3 is 14.5 Å². The molecular weight excluding hydrogens is 458 g/mol. The van der Waals surface area contributed by atoms with Crippen molar-refractivity contribution in [2.45, 2.75) is 4.90 Å². The third-order valence-electron chi connectivity index (χ3n) is 6.01. The number of hydrogen-bond donors (Lipinski definition) is 0. The summed E-state index contributed by atoms with van der Waals surface area (Å²) in [6.07, 6.45) is 5.15. The maximum atomic E-state index is 13.0. The van der Waals surface area contributed by atoms with Crippen molar-refractivity contribution in [2.75, 3.05) is 57.4 Å². The highest BCUT2D eigenvalue weighted by Crippen LogP contribution is 2.20. The Hall–Kier alpha value is -3.35. The zero-order valence-electron chi connectivity index (χ0n) is 18.5. The number of sulfonamides is 1. The van der Waals surface area contributed by atoms with Gasteiger partial charge in [-0.2, -0.15) is 4.31 Å². The molecule has 2 fully saturated rings. The Balaban J connectivity index is 1.19. The number of piperazine rings is 1. The number of hydrogen-bond acceptors (Lipinski definition) is 8. The van der Waals surface area contributed by atoms with Crippen molar-refractivity contribution in [3.63, 3.8) is 0 Å². The van der Waals surface area contributed by atoms with Gasteiger partial charge in [0, 0.05) is 57.2 Å². The van der Waals surface area contributed by atoms with E-state index in [9.17, 15) is 13.2 Å². The van der Waals surface area contributed by atoms with Crippen LogP contribution in [0.1, 0.15) is 10.4 Å². The van der Waals surface area contributed by atoms with Crippen molar-refractivity contribution in [1.82, 2.24) is 29.0 Å². The van der Waals surface area contributed by atoms with Crippen LogP contribution in [0.4, 0.5) is 5.82 Å². The van der Waals surface area contributed by atoms with E-state index in [4.69, 9.17) is 4.74 Å². The summed E-state index contributed by atoms with van der Waals surface area (Å²) in [4.78, 5) is 21.0. The molecule has 0 unspecified atom stereocenters. The van der Waals surface area contributed by atoms with E-state index in [1.54, 1.807) is 40.3 Å². The Bertz CT molecular complexity index is 1220. The highest BCUT2D eigenvalue weighted by atomic mass is 32.2. The minimum atomic E-state index is -3.58. The van der Waals surface area contributed by atoms with Gasteiger partial charge in [-0.05, 0) is 36.4 Å². The molecule has 4 heterocycles. The molecule has 34 heavy (non-hydrogen) atoms. The highest BCUT2D eigenvalue weighted by Gasteiger charge is 2.27. The number of nitrogens with zero attached hydrogens (tertiary/aromatic N) is 7. The fourth-order valence-electron chi connectivity index (χ4n) is 4.05. The van der Waals surface area contributed by atoms with Crippen molar-refractivity contribution < 1.29 is 17.9 Å². The smallest absolute Gasteiger partial charge is 0.253 e. The molecule has 11 nitrogen and oxygen atoms in total. The summed E-state index contributed by atoms with van der Waals surface area (Å²) >= 11 is 0. The molecule has 0 spiro atoms. The standard InChI is InChI=1S/C22H25N7O4S/c30-22(18-1-3-19(4-2-18)34(31,32)29-13-15-33-16-14-29)27-11-9-26(10-12-27)20-5-6-21(25-24-20)28-8-7-23-17-28/h1-8,17H,9-16H2. The van der Waals surface area contributed by atoms with E-state index < -0.39 is 10.0 Å². The molecule has 5 rings (SSSR count). The SMILES string of the molecule is O=C(c1ccc(S(=O)(=O)N2CCOCC2)cc1)N1CCN(c2ccc(-n3ccnc3)nn2)CC1. The summed E-state index contributed by atoms with van der Waals surface area (Å²) in [5.41, 5.74) is 0.471. The number of imidazole rings is 1. The van der Waals surface area contributed by atoms with E-state index in [-0.39, 0.29) is 10.8 Å². The fraction of sp³-hybridized carbons (Fsp3) is 0.364. The van der Waals surface area contributed by atoms with Crippen molar-refractivity contribution in [3.05, 3.63) is 60.7 Å². The molecule has 2 aliphatic heterocycles. The fourth-order valence-corrected chi connectivity index (χ4v) is 5.45. The normalized spacial score (nSPS) is 17.6. The first-order valence-electron chi connectivity index (χ1n) is 11.1. The Morgan fingerprint density at radius 3 is 2.15 bits per heavy atom. The van der Waals surface area contributed by atoms with Crippen LogP contribution in [-0.4, -0.2) is 95.8 Å². The summed E-state index contributed by atoms with van der Waals surface area (Å²) in [6, 6.07) is 9.98. The van der Waals surface area contributed by atoms with Crippen LogP contribution in [0.2, 0.25) is 0 Å². The van der Waals surface area contributed by atoms with Gasteiger partial charge in [0.25, 0.3) is 5.91 Å². The Labute approximate surface area is 197 Å². The van der Waals surface area contributed by atoms with Crippen molar-refractivity contribution in [2.24, 2.45) is 0 Å². The Kier molecular flexibility index (Phi) is 6.26. The van der Waals surface area contributed by atoms with Crippen LogP contribution in [0.15, 0.2) is 60.0 Å². The molecule has 0 saturated carbocycles. The van der Waals surface area contributed by atoms with E-state index in [1.165, 1.54) is 16.4 Å². The first-order valence-corrected chi connectivity index (χ1v) is 12.5. The van der Waals surface area contributed by atoms with Gasteiger partial charge in [-0.15, -0.1) is 10.2 Å². The van der Waals surface area contributed by atoms with Crippen LogP contribution in [0.5, 0.6) is 0 Å². The van der Waals surface area contributed by atoms with E-state index in [0.29, 0.717) is 63.9 Å². The first kappa shape index (κ1) is 22.4. The number of benzene rings is 1. The second kappa shape index (κ2) is 9.49. The number of carbonyl (C=O) groups is 1. The average molecular weight is 484 g/mol. The highest BCUT2D eigenvalue weighted by molar-refractivity contribution is 7.89. The van der Waals surface area contributed by atoms with Gasteiger partial charge >= 0.3 is 0 Å². The third kappa shape index (κ3) is 4.52. The van der Waals surface area contributed by atoms with Gasteiger partial charge in [0.05, 0.1) is 18.1 Å². The lowest BCUT2D eigenvalue weighted by molar-refractivity contribution is 0.0730. The van der Waals surface area contributed by atoms with Crippen LogP contribution in [0.25, 0.3) is 5.82 Å². The zero-order valence-corrected chi connectivity index (χ0v) is 19.3. The monoisotopic (exact) mass is 483 g/mol. The van der Waals surface area contributed by atoms with E-state index in [1.807, 2.05) is 12.1 Å². The number of anilines is 1. The predicted octanol–water partition coefficient (Wildman–Crippen LogP) is 0.646. The number of rotatable bonds is 5. The van der Waals surface area contributed by atoms with Crippen LogP contribution in [0, 0.1) is 0 Å². The molecule has 2 aromatic heterocycles. The molecule has 0 aliphatic carbocycles. The van der Waals surface area contributed by atoms with Crippen molar-refractivity contribution >= 4 is 21.7 Å². The first-order chi connectivity index (χ1) is 16.5. The van der Waals surface area contributed by atoms with Gasteiger partial charge in [0.15, 0.2) is 11.6 Å². The lowest BCUT2D eigenvalue weighted by Gasteiger charge is -2.35. The summed E-state index contributed by atoms with van der Waals surface area (Å²) in [7, 11) is -3.58. The topological polar surface area (TPSA) is 114 Å². The number of ether oxygens (including phenoxy) is 1. The lowest BCUT2D eigenvalue weighted by Crippen LogP contribution is -2.49. The minimum absolute atomic E-state index is 0.114. The van der Waals surface area contributed by atoms with Crippen molar-refractivity contribution in [3.8, 4) is 5.82 Å². The number of carbonyl (C=O) groups excluding carboxylic acids is 1. The lowest BCUT2D eigenvalue weighted by atomic mass is 10.2. The molecule has 12 heteroatoms. The van der Waals surface area contributed by atoms with Gasteiger partial charge in [-0.3, -0.25) is 9.36 Å². The van der Waals surface area contributed by atoms with Gasteiger partial charge in [0.2, 0.25) is 10.0 Å². The van der Waals surface area contributed by atoms with Crippen molar-refractivity contribution in [1.29, 1.82) is 0 Å². The molecule has 0 N–H and O–H groups in total. The molecular formula is C22H25N7O4S. The van der Waals surface area contributed by atoms with Crippen LogP contribution >= 0.6 is 0 Å². The van der Waals surface area contributed by atoms with E-state index in [0.717, 1.165) is 5.82 Å². The number of morpholine rings is 1. The molecule has 178 valence electrons. The zero-order chi connectivity index (χ0) is 23.5. The maximum absolute atomic E-state index is 13.0. The quantitative estimate of drug-likeness (QED) is 0.520. The molecule has 1 amide bonds. The van der Waals surface area contributed by atoms with Gasteiger partial charge in [-0.1, -0.05) is 0 Å². The second-order valence-electron chi connectivity index (χ2n) is 8.04. The van der Waals surface area contributed by atoms with E-state index in [2.05, 4.69) is 20.1 Å². The Morgan fingerprint density at radius 1 is 0.853 bits per heavy atom. The molecule has 1 aromatic carbocycles. The largest absolute Gasteiger partial charge is 0.379 e. The molecule has 2 saturated heterocycles. The van der Waals surface area contributed by atoms with Gasteiger partial charge in [0.1, 0.15) is 6.33 Å². The number of amides is 1. The summed E-state index contributed by atoms with van der Waals surface area (Å²) in [6.45, 7) is 3.80. The summed E-state index contributed by atoms with van der Waals surface area (Å²) < 4.78 is 34.0. The van der Waals surface area contributed by atoms with E-state index >= 15 is 0 Å². The van der Waals surface area contributed by atoms with Gasteiger partial charge in [-0.25, -0.2) is 13.4 Å². The summed E-state index contributed by atoms with van der Waals surface area (Å²) in [5.74, 6) is 1.33. The van der Waals surface area contributed by atoms with Crippen LogP contribution in [0.3, 0.4) is 0 Å². The Morgan fingerprint density at radius 2 is 1.53 bits per heavy atom. The summed E-state index contributed by atoms with van der Waals surface area (Å²) in [5, 5.41) is 8.56. The molecule has 3 aromatic rings. The second-order valence-corrected chi connectivity index (χ2v) is 9.98.